The fraction of sp³-hybridized carbons (Fsp3) is 0.296. The van der Waals surface area contributed by atoms with Crippen LogP contribution in [0.25, 0.3) is 16.9 Å². The summed E-state index contributed by atoms with van der Waals surface area (Å²) in [6.07, 6.45) is 1.99. The summed E-state index contributed by atoms with van der Waals surface area (Å²) in [5.41, 5.74) is 9.39. The maximum Gasteiger partial charge on any atom is 0.255 e. The van der Waals surface area contributed by atoms with Crippen molar-refractivity contribution in [2.24, 2.45) is 0 Å². The first kappa shape index (κ1) is 24.6. The van der Waals surface area contributed by atoms with Gasteiger partial charge in [0.15, 0.2) is 0 Å². The maximum absolute atomic E-state index is 13.7. The molecule has 0 aliphatic heterocycles. The van der Waals surface area contributed by atoms with Crippen LogP contribution in [-0.4, -0.2) is 33.3 Å². The Morgan fingerprint density at radius 3 is 2.59 bits per heavy atom. The van der Waals surface area contributed by atoms with Crippen LogP contribution in [-0.2, 0) is 6.54 Å². The van der Waals surface area contributed by atoms with E-state index in [4.69, 9.17) is 15.5 Å². The molecule has 1 fully saturated rings. The van der Waals surface area contributed by atoms with Crippen molar-refractivity contribution in [3.05, 3.63) is 77.4 Å². The molecule has 2 aromatic heterocycles. The number of benzene rings is 2. The Hall–Kier alpha value is -4.08. The molecule has 4 aromatic rings. The van der Waals surface area contributed by atoms with E-state index >= 15 is 0 Å². The van der Waals surface area contributed by atoms with Crippen LogP contribution in [0.1, 0.15) is 53.2 Å². The van der Waals surface area contributed by atoms with Crippen molar-refractivity contribution in [1.29, 1.82) is 0 Å². The normalized spacial score (nSPS) is 15.6. The highest BCUT2D eigenvalue weighted by molar-refractivity contribution is 5.96. The second kappa shape index (κ2) is 9.76. The summed E-state index contributed by atoms with van der Waals surface area (Å²) >= 11 is 0. The Bertz CT molecular complexity index is 1440. The van der Waals surface area contributed by atoms with Crippen molar-refractivity contribution >= 4 is 17.4 Å². The average Bonchev–Trinajstić information content (AvgIpc) is 3.28. The first-order valence-corrected chi connectivity index (χ1v) is 12.0. The summed E-state index contributed by atoms with van der Waals surface area (Å²) in [5.74, 6) is -2.58. The molecule has 37 heavy (non-hydrogen) atoms. The van der Waals surface area contributed by atoms with E-state index in [0.29, 0.717) is 18.7 Å². The van der Waals surface area contributed by atoms with Gasteiger partial charge in [0.05, 0.1) is 23.9 Å². The zero-order valence-corrected chi connectivity index (χ0v) is 20.2. The van der Waals surface area contributed by atoms with E-state index in [1.54, 1.807) is 16.7 Å². The number of carbonyl (C=O) groups excluding carboxylic acids is 1. The van der Waals surface area contributed by atoms with Gasteiger partial charge in [-0.3, -0.25) is 9.20 Å². The predicted octanol–water partition coefficient (Wildman–Crippen LogP) is 5.35. The molecule has 0 radical (unpaired) electrons. The number of ether oxygens (including phenoxy) is 1. The summed E-state index contributed by atoms with van der Waals surface area (Å²) in [6, 6.07) is 12.9. The highest BCUT2D eigenvalue weighted by Crippen LogP contribution is 2.42. The van der Waals surface area contributed by atoms with Crippen LogP contribution < -0.4 is 15.8 Å². The Morgan fingerprint density at radius 1 is 1.16 bits per heavy atom. The number of halogens is 3. The molecule has 10 heteroatoms. The van der Waals surface area contributed by atoms with E-state index in [1.165, 1.54) is 19.2 Å². The van der Waals surface area contributed by atoms with Gasteiger partial charge in [0.25, 0.3) is 5.91 Å². The van der Waals surface area contributed by atoms with Gasteiger partial charge < -0.3 is 15.8 Å². The molecule has 0 bridgehead atoms. The van der Waals surface area contributed by atoms with E-state index < -0.39 is 17.6 Å². The molecule has 0 unspecified atom stereocenters. The number of methoxy groups -OCH3 is 1. The molecule has 192 valence electrons. The molecule has 5 rings (SSSR count). The molecule has 1 saturated carbocycles. The van der Waals surface area contributed by atoms with Gasteiger partial charge in [-0.2, -0.15) is 0 Å². The maximum atomic E-state index is 13.7. The van der Waals surface area contributed by atoms with Gasteiger partial charge in [-0.25, -0.2) is 23.1 Å². The molecular weight excluding hydrogens is 483 g/mol. The number of amides is 1. The minimum Gasteiger partial charge on any atom is -0.496 e. The van der Waals surface area contributed by atoms with Gasteiger partial charge in [0, 0.05) is 37.1 Å². The summed E-state index contributed by atoms with van der Waals surface area (Å²) in [7, 11) is 1.42. The van der Waals surface area contributed by atoms with Crippen molar-refractivity contribution in [3.63, 3.8) is 0 Å². The van der Waals surface area contributed by atoms with Crippen molar-refractivity contribution < 1.29 is 22.7 Å². The SMILES string of the molecule is COc1ccc(F)cc1C(=O)NCc1ccc(-c2nc(C3CCC(F)(F)CC3)c3ccnc(N)n23)cc1. The molecule has 2 aromatic carbocycles. The van der Waals surface area contributed by atoms with Gasteiger partial charge in [0.1, 0.15) is 17.4 Å². The van der Waals surface area contributed by atoms with Gasteiger partial charge in [-0.1, -0.05) is 24.3 Å². The number of aromatic nitrogens is 3. The standard InChI is InChI=1S/C27H26F3N5O2/c1-37-22-7-6-19(28)14-20(22)25(36)33-15-16-2-4-18(5-3-16)24-34-23(17-8-11-27(29,30)12-9-17)21-10-13-32-26(31)35(21)24/h2-7,10,13-14,17H,8-9,11-12,15H2,1H3,(H2,31,32)(H,33,36). The Morgan fingerprint density at radius 2 is 1.89 bits per heavy atom. The second-order valence-corrected chi connectivity index (χ2v) is 9.20. The number of hydrogen-bond acceptors (Lipinski definition) is 5. The molecule has 1 aliphatic rings. The molecule has 2 heterocycles. The number of nitrogens with zero attached hydrogens (tertiary/aromatic N) is 3. The number of fused-ring (bicyclic) bond motifs is 1. The Labute approximate surface area is 211 Å². The number of carbonyl (C=O) groups is 1. The van der Waals surface area contributed by atoms with Crippen LogP contribution >= 0.6 is 0 Å². The van der Waals surface area contributed by atoms with E-state index in [-0.39, 0.29) is 42.6 Å². The molecule has 3 N–H and O–H groups in total. The van der Waals surface area contributed by atoms with Crippen LogP contribution in [0.3, 0.4) is 0 Å². The van der Waals surface area contributed by atoms with Crippen molar-refractivity contribution in [3.8, 4) is 17.1 Å². The van der Waals surface area contributed by atoms with Crippen LogP contribution in [0.4, 0.5) is 19.1 Å². The van der Waals surface area contributed by atoms with Gasteiger partial charge >= 0.3 is 0 Å². The molecule has 0 saturated heterocycles. The lowest BCUT2D eigenvalue weighted by molar-refractivity contribution is -0.0383. The van der Waals surface area contributed by atoms with Gasteiger partial charge in [0.2, 0.25) is 11.9 Å². The molecule has 1 amide bonds. The number of rotatable bonds is 6. The molecular formula is C27H26F3N5O2. The number of nitrogens with two attached hydrogens (primary N) is 1. The smallest absolute Gasteiger partial charge is 0.255 e. The summed E-state index contributed by atoms with van der Waals surface area (Å²) in [6.45, 7) is 0.215. The Balaban J connectivity index is 1.37. The average molecular weight is 510 g/mol. The minimum absolute atomic E-state index is 0.0838. The number of nitrogen functional groups attached to an aromatic ring is 1. The predicted molar refractivity (Wildman–Crippen MR) is 133 cm³/mol. The third kappa shape index (κ3) is 4.96. The van der Waals surface area contributed by atoms with E-state index in [0.717, 1.165) is 28.4 Å². The van der Waals surface area contributed by atoms with Crippen molar-refractivity contribution in [1.82, 2.24) is 19.7 Å². The number of imidazole rings is 1. The van der Waals surface area contributed by atoms with Crippen molar-refractivity contribution in [2.75, 3.05) is 12.8 Å². The molecule has 0 spiro atoms. The van der Waals surface area contributed by atoms with Gasteiger partial charge in [-0.15, -0.1) is 0 Å². The topological polar surface area (TPSA) is 94.5 Å². The molecule has 1 aliphatic carbocycles. The monoisotopic (exact) mass is 509 g/mol. The van der Waals surface area contributed by atoms with Crippen LogP contribution in [0.5, 0.6) is 5.75 Å². The highest BCUT2D eigenvalue weighted by atomic mass is 19.3. The summed E-state index contributed by atoms with van der Waals surface area (Å²) in [5, 5.41) is 2.77. The quantitative estimate of drug-likeness (QED) is 0.366. The van der Waals surface area contributed by atoms with Crippen LogP contribution in [0.15, 0.2) is 54.7 Å². The number of nitrogens with one attached hydrogen (secondary N) is 1. The van der Waals surface area contributed by atoms with Crippen LogP contribution in [0.2, 0.25) is 0 Å². The summed E-state index contributed by atoms with van der Waals surface area (Å²) < 4.78 is 48.0. The van der Waals surface area contributed by atoms with Crippen molar-refractivity contribution in [2.45, 2.75) is 44.1 Å². The zero-order valence-electron chi connectivity index (χ0n) is 20.2. The number of anilines is 1. The first-order valence-electron chi connectivity index (χ1n) is 12.0. The second-order valence-electron chi connectivity index (χ2n) is 9.20. The first-order chi connectivity index (χ1) is 17.8. The molecule has 0 atom stereocenters. The third-order valence-corrected chi connectivity index (χ3v) is 6.78. The number of hydrogen-bond donors (Lipinski definition) is 2. The Kier molecular flexibility index (Phi) is 6.49. The van der Waals surface area contributed by atoms with E-state index in [2.05, 4.69) is 10.3 Å². The number of alkyl halides is 2. The lowest BCUT2D eigenvalue weighted by atomic mass is 9.84. The largest absolute Gasteiger partial charge is 0.496 e. The summed E-state index contributed by atoms with van der Waals surface area (Å²) in [4.78, 5) is 21.6. The minimum atomic E-state index is -2.62. The molecule has 7 nitrogen and oxygen atoms in total. The lowest BCUT2D eigenvalue weighted by Crippen LogP contribution is -2.23. The van der Waals surface area contributed by atoms with Gasteiger partial charge in [-0.05, 0) is 42.7 Å². The van der Waals surface area contributed by atoms with E-state index in [1.807, 2.05) is 24.3 Å². The fourth-order valence-corrected chi connectivity index (χ4v) is 4.80. The van der Waals surface area contributed by atoms with Crippen LogP contribution in [0, 0.1) is 5.82 Å². The third-order valence-electron chi connectivity index (χ3n) is 6.78. The lowest BCUT2D eigenvalue weighted by Gasteiger charge is -2.27. The van der Waals surface area contributed by atoms with E-state index in [9.17, 15) is 18.0 Å². The fourth-order valence-electron chi connectivity index (χ4n) is 4.80. The highest BCUT2D eigenvalue weighted by Gasteiger charge is 2.37. The zero-order chi connectivity index (χ0) is 26.2.